The monoisotopic (exact) mass is 377 g/mol. The molecule has 148 valence electrons. The Balaban J connectivity index is 2.17. The zero-order valence-corrected chi connectivity index (χ0v) is 17.8. The summed E-state index contributed by atoms with van der Waals surface area (Å²) in [5.74, 6) is -0.133. The lowest BCUT2D eigenvalue weighted by Gasteiger charge is -2.47. The molecule has 0 aliphatic carbocycles. The average Bonchev–Trinajstić information content (AvgIpc) is 2.86. The maximum absolute atomic E-state index is 13.6. The van der Waals surface area contributed by atoms with E-state index in [4.69, 9.17) is 0 Å². The number of hydrogen-bond acceptors (Lipinski definition) is 2. The van der Waals surface area contributed by atoms with E-state index in [0.717, 1.165) is 17.5 Å². The molecule has 1 heterocycles. The normalized spacial score (nSPS) is 20.5. The Hall–Kier alpha value is -2.39. The van der Waals surface area contributed by atoms with Crippen LogP contribution in [0.5, 0.6) is 0 Å². The molecule has 3 heteroatoms. The predicted octanol–water partition coefficient (Wildman–Crippen LogP) is 5.28. The Labute approximate surface area is 168 Å². The minimum atomic E-state index is -1.48. The van der Waals surface area contributed by atoms with Crippen molar-refractivity contribution in [1.29, 1.82) is 0 Å². The van der Waals surface area contributed by atoms with Crippen LogP contribution in [-0.4, -0.2) is 21.5 Å². The Kier molecular flexibility index (Phi) is 5.01. The fraction of sp³-hybridized carbons (Fsp3) is 0.400. The molecule has 2 aromatic rings. The van der Waals surface area contributed by atoms with Crippen LogP contribution in [0.2, 0.25) is 0 Å². The van der Waals surface area contributed by atoms with E-state index < -0.39 is 11.3 Å². The maximum Gasteiger partial charge on any atom is 0.257 e. The summed E-state index contributed by atoms with van der Waals surface area (Å²) in [6.45, 7) is 12.6. The molecule has 0 saturated heterocycles. The summed E-state index contributed by atoms with van der Waals surface area (Å²) in [4.78, 5) is 15.3. The first-order chi connectivity index (χ1) is 12.9. The van der Waals surface area contributed by atoms with Gasteiger partial charge in [0.1, 0.15) is 0 Å². The fourth-order valence-corrected chi connectivity index (χ4v) is 4.63. The molecule has 0 saturated carbocycles. The summed E-state index contributed by atoms with van der Waals surface area (Å²) in [5, 5.41) is 11.9. The van der Waals surface area contributed by atoms with Crippen molar-refractivity contribution in [3.05, 3.63) is 77.4 Å². The minimum Gasteiger partial charge on any atom is -0.363 e. The highest BCUT2D eigenvalue weighted by atomic mass is 16.3. The first-order valence-electron chi connectivity index (χ1n) is 9.87. The molecule has 1 unspecified atom stereocenters. The van der Waals surface area contributed by atoms with Gasteiger partial charge in [0, 0.05) is 16.7 Å². The van der Waals surface area contributed by atoms with E-state index in [2.05, 4.69) is 20.8 Å². The quantitative estimate of drug-likeness (QED) is 0.787. The Bertz CT molecular complexity index is 906. The molecule has 0 bridgehead atoms. The lowest BCUT2D eigenvalue weighted by Crippen LogP contribution is -2.56. The number of aliphatic hydroxyl groups is 1. The SMILES string of the molecule is Cc1cccc(C2=CC(O)(c3ccccc3)N(C(C)(C)CC(C)(C)C)C2=O)c1. The highest BCUT2D eigenvalue weighted by molar-refractivity contribution is 6.22. The van der Waals surface area contributed by atoms with E-state index in [1.54, 1.807) is 11.0 Å². The Morgan fingerprint density at radius 1 is 0.964 bits per heavy atom. The zero-order valence-electron chi connectivity index (χ0n) is 17.8. The van der Waals surface area contributed by atoms with Crippen molar-refractivity contribution in [2.75, 3.05) is 0 Å². The van der Waals surface area contributed by atoms with Crippen molar-refractivity contribution in [2.24, 2.45) is 5.41 Å². The van der Waals surface area contributed by atoms with Crippen molar-refractivity contribution in [1.82, 2.24) is 4.90 Å². The number of carbonyl (C=O) groups is 1. The second-order valence-corrected chi connectivity index (χ2v) is 9.71. The van der Waals surface area contributed by atoms with Gasteiger partial charge >= 0.3 is 0 Å². The molecule has 3 nitrogen and oxygen atoms in total. The van der Waals surface area contributed by atoms with Crippen LogP contribution in [0.4, 0.5) is 0 Å². The number of benzene rings is 2. The zero-order chi connectivity index (χ0) is 20.7. The fourth-order valence-electron chi connectivity index (χ4n) is 4.63. The Morgan fingerprint density at radius 3 is 2.18 bits per heavy atom. The van der Waals surface area contributed by atoms with Crippen LogP contribution in [0, 0.1) is 12.3 Å². The third-order valence-corrected chi connectivity index (χ3v) is 5.22. The van der Waals surface area contributed by atoms with Crippen LogP contribution in [0.25, 0.3) is 5.57 Å². The lowest BCUT2D eigenvalue weighted by molar-refractivity contribution is -0.159. The minimum absolute atomic E-state index is 0.00741. The van der Waals surface area contributed by atoms with Crippen LogP contribution in [0.3, 0.4) is 0 Å². The molecule has 1 atom stereocenters. The van der Waals surface area contributed by atoms with Crippen molar-refractivity contribution < 1.29 is 9.90 Å². The van der Waals surface area contributed by atoms with Gasteiger partial charge in [-0.25, -0.2) is 0 Å². The van der Waals surface area contributed by atoms with Gasteiger partial charge in [-0.1, -0.05) is 80.9 Å². The molecule has 0 fully saturated rings. The standard InChI is InChI=1S/C25H31NO2/c1-18-11-10-12-19(15-18)21-16-25(28,20-13-8-7-9-14-20)26(22(21)27)24(5,6)17-23(2,3)4/h7-16,28H,17H2,1-6H3. The van der Waals surface area contributed by atoms with E-state index in [-0.39, 0.29) is 11.3 Å². The van der Waals surface area contributed by atoms with Crippen molar-refractivity contribution in [3.63, 3.8) is 0 Å². The van der Waals surface area contributed by atoms with Crippen LogP contribution in [0.1, 0.15) is 57.7 Å². The number of hydrogen-bond donors (Lipinski definition) is 1. The largest absolute Gasteiger partial charge is 0.363 e. The molecular formula is C25H31NO2. The maximum atomic E-state index is 13.6. The highest BCUT2D eigenvalue weighted by Crippen LogP contribution is 2.46. The number of amides is 1. The van der Waals surface area contributed by atoms with Crippen LogP contribution in [-0.2, 0) is 10.5 Å². The van der Waals surface area contributed by atoms with Gasteiger partial charge in [-0.05, 0) is 44.2 Å². The van der Waals surface area contributed by atoms with Gasteiger partial charge < -0.3 is 5.11 Å². The number of nitrogens with zero attached hydrogens (tertiary/aromatic N) is 1. The molecule has 2 aromatic carbocycles. The van der Waals surface area contributed by atoms with E-state index in [1.807, 2.05) is 75.4 Å². The Morgan fingerprint density at radius 2 is 1.61 bits per heavy atom. The first kappa shape index (κ1) is 20.3. The summed E-state index contributed by atoms with van der Waals surface area (Å²) in [7, 11) is 0. The van der Waals surface area contributed by atoms with Gasteiger partial charge in [0.05, 0.1) is 0 Å². The molecule has 0 spiro atoms. The molecule has 0 radical (unpaired) electrons. The molecule has 1 aliphatic rings. The number of carbonyl (C=O) groups excluding carboxylic acids is 1. The van der Waals surface area contributed by atoms with Crippen LogP contribution in [0.15, 0.2) is 60.7 Å². The van der Waals surface area contributed by atoms with Crippen molar-refractivity contribution in [3.8, 4) is 0 Å². The highest BCUT2D eigenvalue weighted by Gasteiger charge is 2.52. The van der Waals surface area contributed by atoms with Gasteiger partial charge in [0.25, 0.3) is 5.91 Å². The van der Waals surface area contributed by atoms with Gasteiger partial charge in [0.2, 0.25) is 0 Å². The second-order valence-electron chi connectivity index (χ2n) is 9.71. The van der Waals surface area contributed by atoms with Gasteiger partial charge in [-0.3, -0.25) is 9.69 Å². The lowest BCUT2D eigenvalue weighted by atomic mass is 9.79. The first-order valence-corrected chi connectivity index (χ1v) is 9.87. The molecule has 1 N–H and O–H groups in total. The predicted molar refractivity (Wildman–Crippen MR) is 114 cm³/mol. The smallest absolute Gasteiger partial charge is 0.257 e. The molecule has 28 heavy (non-hydrogen) atoms. The summed E-state index contributed by atoms with van der Waals surface area (Å²) < 4.78 is 0. The molecule has 1 amide bonds. The number of aryl methyl sites for hydroxylation is 1. The van der Waals surface area contributed by atoms with Crippen molar-refractivity contribution >= 4 is 11.5 Å². The third kappa shape index (κ3) is 3.77. The van der Waals surface area contributed by atoms with E-state index in [1.165, 1.54) is 0 Å². The molecule has 1 aliphatic heterocycles. The van der Waals surface area contributed by atoms with Gasteiger partial charge in [-0.2, -0.15) is 0 Å². The molecule has 3 rings (SSSR count). The van der Waals surface area contributed by atoms with E-state index >= 15 is 0 Å². The summed E-state index contributed by atoms with van der Waals surface area (Å²) in [6, 6.07) is 17.3. The van der Waals surface area contributed by atoms with Gasteiger partial charge in [0.15, 0.2) is 5.72 Å². The summed E-state index contributed by atoms with van der Waals surface area (Å²) in [5.41, 5.74) is 1.17. The average molecular weight is 378 g/mol. The summed E-state index contributed by atoms with van der Waals surface area (Å²) >= 11 is 0. The second kappa shape index (κ2) is 6.89. The van der Waals surface area contributed by atoms with E-state index in [9.17, 15) is 9.90 Å². The van der Waals surface area contributed by atoms with Crippen molar-refractivity contribution in [2.45, 2.75) is 59.2 Å². The molecule has 0 aromatic heterocycles. The topological polar surface area (TPSA) is 40.5 Å². The summed E-state index contributed by atoms with van der Waals surface area (Å²) in [6.07, 6.45) is 2.49. The van der Waals surface area contributed by atoms with E-state index in [0.29, 0.717) is 11.1 Å². The third-order valence-electron chi connectivity index (χ3n) is 5.22. The number of rotatable bonds is 4. The van der Waals surface area contributed by atoms with Crippen LogP contribution < -0.4 is 0 Å². The van der Waals surface area contributed by atoms with Crippen LogP contribution >= 0.6 is 0 Å². The van der Waals surface area contributed by atoms with Gasteiger partial charge in [-0.15, -0.1) is 0 Å². The molecular weight excluding hydrogens is 346 g/mol.